The van der Waals surface area contributed by atoms with Crippen molar-refractivity contribution in [2.45, 2.75) is 30.6 Å². The van der Waals surface area contributed by atoms with Crippen molar-refractivity contribution in [2.75, 3.05) is 38.6 Å². The Balaban J connectivity index is 1.47. The first-order valence-corrected chi connectivity index (χ1v) is 12.7. The highest BCUT2D eigenvalue weighted by molar-refractivity contribution is 7.89. The summed E-state index contributed by atoms with van der Waals surface area (Å²) in [5.41, 5.74) is 0.931. The van der Waals surface area contributed by atoms with E-state index in [4.69, 9.17) is 4.74 Å². The SMILES string of the molecule is COc1ccc(S(=O)(=O)N2CCC[C@@H](C(=O)Nc3ccccc3C(=O)N3CCCC3)C2)cc1. The van der Waals surface area contributed by atoms with Crippen molar-refractivity contribution in [2.24, 2.45) is 5.92 Å². The van der Waals surface area contributed by atoms with Crippen LogP contribution in [0.1, 0.15) is 36.0 Å². The minimum atomic E-state index is -3.72. The fourth-order valence-corrected chi connectivity index (χ4v) is 5.90. The highest BCUT2D eigenvalue weighted by Gasteiger charge is 2.34. The van der Waals surface area contributed by atoms with Crippen molar-refractivity contribution in [3.8, 4) is 5.75 Å². The number of rotatable bonds is 6. The van der Waals surface area contributed by atoms with E-state index in [1.165, 1.54) is 23.5 Å². The second-order valence-corrected chi connectivity index (χ2v) is 10.3. The molecule has 2 aromatic rings. The number of hydrogen-bond acceptors (Lipinski definition) is 5. The molecule has 0 spiro atoms. The smallest absolute Gasteiger partial charge is 0.255 e. The summed E-state index contributed by atoms with van der Waals surface area (Å²) in [6.45, 7) is 1.91. The zero-order valence-corrected chi connectivity index (χ0v) is 19.5. The highest BCUT2D eigenvalue weighted by Crippen LogP contribution is 2.27. The number of amides is 2. The topological polar surface area (TPSA) is 96.0 Å². The maximum absolute atomic E-state index is 13.1. The lowest BCUT2D eigenvalue weighted by atomic mass is 9.98. The van der Waals surface area contributed by atoms with Crippen LogP contribution >= 0.6 is 0 Å². The normalized spacial score (nSPS) is 19.3. The van der Waals surface area contributed by atoms with E-state index in [2.05, 4.69) is 5.32 Å². The summed E-state index contributed by atoms with van der Waals surface area (Å²) in [7, 11) is -2.20. The number of para-hydroxylation sites is 1. The number of piperidine rings is 1. The fraction of sp³-hybridized carbons (Fsp3) is 0.417. The summed E-state index contributed by atoms with van der Waals surface area (Å²) in [5.74, 6) is -0.282. The maximum Gasteiger partial charge on any atom is 0.255 e. The zero-order valence-electron chi connectivity index (χ0n) is 18.7. The van der Waals surface area contributed by atoms with E-state index >= 15 is 0 Å². The molecule has 2 heterocycles. The monoisotopic (exact) mass is 471 g/mol. The number of hydrogen-bond donors (Lipinski definition) is 1. The van der Waals surface area contributed by atoms with Gasteiger partial charge in [0.1, 0.15) is 5.75 Å². The molecule has 0 bridgehead atoms. The number of benzene rings is 2. The molecule has 2 fully saturated rings. The van der Waals surface area contributed by atoms with Crippen LogP contribution in [-0.4, -0.2) is 62.7 Å². The Morgan fingerprint density at radius 3 is 2.36 bits per heavy atom. The molecule has 0 unspecified atom stereocenters. The van der Waals surface area contributed by atoms with Crippen molar-refractivity contribution in [3.05, 3.63) is 54.1 Å². The van der Waals surface area contributed by atoms with Gasteiger partial charge in [0.25, 0.3) is 5.91 Å². The molecule has 2 amide bonds. The first-order valence-electron chi connectivity index (χ1n) is 11.2. The van der Waals surface area contributed by atoms with Crippen molar-refractivity contribution in [1.82, 2.24) is 9.21 Å². The van der Waals surface area contributed by atoms with Gasteiger partial charge in [-0.05, 0) is 62.1 Å². The van der Waals surface area contributed by atoms with Crippen LogP contribution in [0.15, 0.2) is 53.4 Å². The van der Waals surface area contributed by atoms with E-state index in [1.807, 2.05) is 0 Å². The summed E-state index contributed by atoms with van der Waals surface area (Å²) < 4.78 is 32.7. The number of nitrogens with one attached hydrogen (secondary N) is 1. The average molecular weight is 472 g/mol. The summed E-state index contributed by atoms with van der Waals surface area (Å²) in [4.78, 5) is 27.9. The van der Waals surface area contributed by atoms with Crippen LogP contribution in [0.5, 0.6) is 5.75 Å². The van der Waals surface area contributed by atoms with Gasteiger partial charge >= 0.3 is 0 Å². The van der Waals surface area contributed by atoms with Crippen LogP contribution in [0.3, 0.4) is 0 Å². The fourth-order valence-electron chi connectivity index (χ4n) is 4.38. The van der Waals surface area contributed by atoms with Crippen LogP contribution in [-0.2, 0) is 14.8 Å². The molecule has 176 valence electrons. The summed E-state index contributed by atoms with van der Waals surface area (Å²) in [6.07, 6.45) is 3.15. The molecule has 9 heteroatoms. The first kappa shape index (κ1) is 23.3. The number of sulfonamides is 1. The second-order valence-electron chi connectivity index (χ2n) is 8.41. The predicted octanol–water partition coefficient (Wildman–Crippen LogP) is 2.97. The van der Waals surface area contributed by atoms with Gasteiger partial charge in [0.2, 0.25) is 15.9 Å². The van der Waals surface area contributed by atoms with Crippen LogP contribution < -0.4 is 10.1 Å². The van der Waals surface area contributed by atoms with Gasteiger partial charge in [-0.25, -0.2) is 8.42 Å². The largest absolute Gasteiger partial charge is 0.497 e. The van der Waals surface area contributed by atoms with Crippen LogP contribution in [0, 0.1) is 5.92 Å². The summed E-state index contributed by atoms with van der Waals surface area (Å²) in [6, 6.07) is 13.2. The highest BCUT2D eigenvalue weighted by atomic mass is 32.2. The second kappa shape index (κ2) is 9.93. The molecule has 2 aromatic carbocycles. The third-order valence-corrected chi connectivity index (χ3v) is 8.14. The predicted molar refractivity (Wildman–Crippen MR) is 125 cm³/mol. The van der Waals surface area contributed by atoms with E-state index in [1.54, 1.807) is 41.3 Å². The van der Waals surface area contributed by atoms with E-state index in [0.29, 0.717) is 36.4 Å². The number of carbonyl (C=O) groups is 2. The number of ether oxygens (including phenoxy) is 1. The molecule has 4 rings (SSSR count). The van der Waals surface area contributed by atoms with Crippen LogP contribution in [0.2, 0.25) is 0 Å². The van der Waals surface area contributed by atoms with E-state index in [9.17, 15) is 18.0 Å². The maximum atomic E-state index is 13.1. The van der Waals surface area contributed by atoms with E-state index in [0.717, 1.165) is 25.9 Å². The number of methoxy groups -OCH3 is 1. The minimum Gasteiger partial charge on any atom is -0.497 e. The Hall–Kier alpha value is -2.91. The molecule has 0 saturated carbocycles. The lowest BCUT2D eigenvalue weighted by Gasteiger charge is -2.31. The standard InChI is InChI=1S/C24H29N3O5S/c1-32-19-10-12-20(13-11-19)33(30,31)27-16-6-7-18(17-27)23(28)25-22-9-3-2-8-21(22)24(29)26-14-4-5-15-26/h2-3,8-13,18H,4-7,14-17H2,1H3,(H,25,28)/t18-/m1/s1. The zero-order chi connectivity index (χ0) is 23.4. The molecule has 0 aromatic heterocycles. The molecule has 2 saturated heterocycles. The van der Waals surface area contributed by atoms with E-state index in [-0.39, 0.29) is 23.3 Å². The van der Waals surface area contributed by atoms with Crippen molar-refractivity contribution >= 4 is 27.5 Å². The van der Waals surface area contributed by atoms with Gasteiger partial charge in [0, 0.05) is 26.2 Å². The molecule has 8 nitrogen and oxygen atoms in total. The van der Waals surface area contributed by atoms with Gasteiger partial charge in [-0.15, -0.1) is 0 Å². The minimum absolute atomic E-state index is 0.0873. The summed E-state index contributed by atoms with van der Waals surface area (Å²) in [5, 5.41) is 2.89. The lowest BCUT2D eigenvalue weighted by Crippen LogP contribution is -2.43. The number of anilines is 1. The van der Waals surface area contributed by atoms with Gasteiger partial charge in [-0.1, -0.05) is 12.1 Å². The lowest BCUT2D eigenvalue weighted by molar-refractivity contribution is -0.120. The molecule has 33 heavy (non-hydrogen) atoms. The van der Waals surface area contributed by atoms with E-state index < -0.39 is 15.9 Å². The van der Waals surface area contributed by atoms with Crippen LogP contribution in [0.4, 0.5) is 5.69 Å². The molecule has 2 aliphatic rings. The Morgan fingerprint density at radius 1 is 0.970 bits per heavy atom. The third kappa shape index (κ3) is 5.04. The van der Waals surface area contributed by atoms with Gasteiger partial charge < -0.3 is 15.0 Å². The van der Waals surface area contributed by atoms with Gasteiger partial charge in [-0.3, -0.25) is 9.59 Å². The van der Waals surface area contributed by atoms with Gasteiger partial charge in [-0.2, -0.15) is 4.31 Å². The molecule has 1 N–H and O–H groups in total. The first-order chi connectivity index (χ1) is 15.9. The van der Waals surface area contributed by atoms with Gasteiger partial charge in [0.15, 0.2) is 0 Å². The quantitative estimate of drug-likeness (QED) is 0.699. The molecule has 2 aliphatic heterocycles. The number of carbonyl (C=O) groups excluding carboxylic acids is 2. The molecular weight excluding hydrogens is 442 g/mol. The Kier molecular flexibility index (Phi) is 6.99. The summed E-state index contributed by atoms with van der Waals surface area (Å²) >= 11 is 0. The Morgan fingerprint density at radius 2 is 1.67 bits per heavy atom. The Bertz CT molecular complexity index is 1110. The van der Waals surface area contributed by atoms with Crippen molar-refractivity contribution < 1.29 is 22.7 Å². The number of likely N-dealkylation sites (tertiary alicyclic amines) is 1. The molecular formula is C24H29N3O5S. The molecule has 0 radical (unpaired) electrons. The molecule has 1 atom stereocenters. The molecule has 0 aliphatic carbocycles. The van der Waals surface area contributed by atoms with Crippen molar-refractivity contribution in [1.29, 1.82) is 0 Å². The van der Waals surface area contributed by atoms with Crippen molar-refractivity contribution in [3.63, 3.8) is 0 Å². The van der Waals surface area contributed by atoms with Gasteiger partial charge in [0.05, 0.1) is 29.2 Å². The average Bonchev–Trinajstić information content (AvgIpc) is 3.39. The number of nitrogens with zero attached hydrogens (tertiary/aromatic N) is 2. The third-order valence-electron chi connectivity index (χ3n) is 6.26. The van der Waals surface area contributed by atoms with Crippen LogP contribution in [0.25, 0.3) is 0 Å². The Labute approximate surface area is 194 Å².